The van der Waals surface area contributed by atoms with Crippen molar-refractivity contribution in [3.05, 3.63) is 67.9 Å². The molecule has 1 unspecified atom stereocenters. The summed E-state index contributed by atoms with van der Waals surface area (Å²) in [6.07, 6.45) is -1.13. The second-order valence-electron chi connectivity index (χ2n) is 3.73. The Hall–Kier alpha value is -0.610. The fourth-order valence-corrected chi connectivity index (χ4v) is 2.37. The van der Waals surface area contributed by atoms with Gasteiger partial charge in [0.2, 0.25) is 0 Å². The quantitative estimate of drug-likeness (QED) is 0.810. The molecule has 0 aromatic heterocycles. The number of benzene rings is 2. The molecule has 2 aromatic carbocycles. The molecule has 0 aliphatic rings. The van der Waals surface area contributed by atoms with Crippen LogP contribution in [0, 0.1) is 5.82 Å². The van der Waals surface area contributed by atoms with Crippen molar-refractivity contribution in [3.8, 4) is 0 Å². The van der Waals surface area contributed by atoms with Crippen LogP contribution in [0.15, 0.2) is 40.9 Å². The lowest BCUT2D eigenvalue weighted by Crippen LogP contribution is -2.03. The van der Waals surface area contributed by atoms with Crippen molar-refractivity contribution in [1.29, 1.82) is 0 Å². The summed E-state index contributed by atoms with van der Waals surface area (Å²) in [5.74, 6) is -0.564. The first-order chi connectivity index (χ1) is 8.49. The number of hydrogen-bond acceptors (Lipinski definition) is 1. The third-order valence-corrected chi connectivity index (χ3v) is 3.58. The van der Waals surface area contributed by atoms with Gasteiger partial charge >= 0.3 is 0 Å². The minimum Gasteiger partial charge on any atom is -0.383 e. The van der Waals surface area contributed by atoms with Crippen LogP contribution in [0.5, 0.6) is 0 Å². The average molecular weight is 350 g/mol. The highest BCUT2D eigenvalue weighted by atomic mass is 79.9. The number of rotatable bonds is 2. The van der Waals surface area contributed by atoms with Gasteiger partial charge in [0.1, 0.15) is 11.9 Å². The van der Waals surface area contributed by atoms with Gasteiger partial charge in [-0.05, 0) is 30.3 Å². The van der Waals surface area contributed by atoms with E-state index in [1.165, 1.54) is 12.1 Å². The van der Waals surface area contributed by atoms with E-state index in [4.69, 9.17) is 23.2 Å². The van der Waals surface area contributed by atoms with Crippen LogP contribution >= 0.6 is 39.1 Å². The highest BCUT2D eigenvalue weighted by Crippen LogP contribution is 2.32. The van der Waals surface area contributed by atoms with Crippen LogP contribution in [0.25, 0.3) is 0 Å². The van der Waals surface area contributed by atoms with E-state index in [-0.39, 0.29) is 10.6 Å². The summed E-state index contributed by atoms with van der Waals surface area (Å²) in [7, 11) is 0. The van der Waals surface area contributed by atoms with E-state index in [0.29, 0.717) is 10.6 Å². The van der Waals surface area contributed by atoms with Gasteiger partial charge in [-0.15, -0.1) is 0 Å². The normalized spacial score (nSPS) is 12.5. The van der Waals surface area contributed by atoms with Crippen molar-refractivity contribution >= 4 is 39.1 Å². The summed E-state index contributed by atoms with van der Waals surface area (Å²) < 4.78 is 14.5. The molecule has 0 bridgehead atoms. The van der Waals surface area contributed by atoms with E-state index in [2.05, 4.69) is 15.9 Å². The molecule has 0 aliphatic carbocycles. The molecular formula is C13H8BrCl2FO. The SMILES string of the molecule is OC(c1ccc(Cl)cc1F)c1cc(Br)ccc1Cl. The molecule has 0 heterocycles. The predicted octanol–water partition coefficient (Wildman–Crippen LogP) is 4.98. The molecule has 2 rings (SSSR count). The van der Waals surface area contributed by atoms with E-state index >= 15 is 0 Å². The molecule has 0 aliphatic heterocycles. The second kappa shape index (κ2) is 5.57. The topological polar surface area (TPSA) is 20.2 Å². The maximum Gasteiger partial charge on any atom is 0.130 e. The highest BCUT2D eigenvalue weighted by Gasteiger charge is 2.18. The van der Waals surface area contributed by atoms with Crippen LogP contribution in [0.3, 0.4) is 0 Å². The van der Waals surface area contributed by atoms with Gasteiger partial charge in [-0.3, -0.25) is 0 Å². The molecule has 1 atom stereocenters. The summed E-state index contributed by atoms with van der Waals surface area (Å²) >= 11 is 14.9. The molecule has 0 saturated heterocycles. The Morgan fingerprint density at radius 1 is 1.06 bits per heavy atom. The van der Waals surface area contributed by atoms with Crippen LogP contribution in [-0.4, -0.2) is 5.11 Å². The number of aliphatic hydroxyl groups excluding tert-OH is 1. The zero-order chi connectivity index (χ0) is 13.3. The van der Waals surface area contributed by atoms with Crippen LogP contribution in [0.2, 0.25) is 10.0 Å². The van der Waals surface area contributed by atoms with Gasteiger partial charge in [0, 0.05) is 25.6 Å². The van der Waals surface area contributed by atoms with Gasteiger partial charge < -0.3 is 5.11 Å². The van der Waals surface area contributed by atoms with Gasteiger partial charge in [0.15, 0.2) is 0 Å². The molecule has 0 amide bonds. The van der Waals surface area contributed by atoms with Gasteiger partial charge in [-0.1, -0.05) is 45.2 Å². The minimum atomic E-state index is -1.13. The zero-order valence-corrected chi connectivity index (χ0v) is 12.1. The molecule has 0 fully saturated rings. The number of hydrogen-bond donors (Lipinski definition) is 1. The maximum absolute atomic E-state index is 13.7. The van der Waals surface area contributed by atoms with Crippen molar-refractivity contribution in [2.75, 3.05) is 0 Å². The lowest BCUT2D eigenvalue weighted by atomic mass is 10.0. The Bertz CT molecular complexity index is 589. The number of aliphatic hydroxyl groups is 1. The maximum atomic E-state index is 13.7. The molecule has 0 saturated carbocycles. The molecule has 18 heavy (non-hydrogen) atoms. The Morgan fingerprint density at radius 3 is 2.44 bits per heavy atom. The molecule has 0 spiro atoms. The molecular weight excluding hydrogens is 342 g/mol. The first-order valence-electron chi connectivity index (χ1n) is 5.07. The van der Waals surface area contributed by atoms with Crippen LogP contribution < -0.4 is 0 Å². The van der Waals surface area contributed by atoms with Crippen LogP contribution in [0.1, 0.15) is 17.2 Å². The second-order valence-corrected chi connectivity index (χ2v) is 5.49. The van der Waals surface area contributed by atoms with E-state index in [0.717, 1.165) is 10.5 Å². The summed E-state index contributed by atoms with van der Waals surface area (Å²) in [6.45, 7) is 0. The van der Waals surface area contributed by atoms with E-state index in [1.807, 2.05) is 0 Å². The first-order valence-corrected chi connectivity index (χ1v) is 6.62. The van der Waals surface area contributed by atoms with E-state index in [1.54, 1.807) is 18.2 Å². The molecule has 0 radical (unpaired) electrons. The molecule has 1 nitrogen and oxygen atoms in total. The standard InChI is InChI=1S/C13H8BrCl2FO/c14-7-1-4-11(16)10(5-7)13(18)9-3-2-8(15)6-12(9)17/h1-6,13,18H. The third kappa shape index (κ3) is 2.86. The Kier molecular flexibility index (Phi) is 4.28. The smallest absolute Gasteiger partial charge is 0.130 e. The lowest BCUT2D eigenvalue weighted by Gasteiger charge is -2.14. The van der Waals surface area contributed by atoms with Crippen molar-refractivity contribution in [1.82, 2.24) is 0 Å². The van der Waals surface area contributed by atoms with Gasteiger partial charge in [-0.25, -0.2) is 4.39 Å². The molecule has 94 valence electrons. The fourth-order valence-electron chi connectivity index (χ4n) is 1.61. The van der Waals surface area contributed by atoms with Gasteiger partial charge in [0.25, 0.3) is 0 Å². The highest BCUT2D eigenvalue weighted by molar-refractivity contribution is 9.10. The largest absolute Gasteiger partial charge is 0.383 e. The van der Waals surface area contributed by atoms with Gasteiger partial charge in [0.05, 0.1) is 0 Å². The number of halogens is 4. The minimum absolute atomic E-state index is 0.138. The van der Waals surface area contributed by atoms with Crippen molar-refractivity contribution in [2.24, 2.45) is 0 Å². The van der Waals surface area contributed by atoms with Crippen molar-refractivity contribution in [3.63, 3.8) is 0 Å². The molecule has 2 aromatic rings. The summed E-state index contributed by atoms with van der Waals surface area (Å²) in [6, 6.07) is 9.16. The zero-order valence-electron chi connectivity index (χ0n) is 9.00. The average Bonchev–Trinajstić information content (AvgIpc) is 2.31. The van der Waals surface area contributed by atoms with E-state index < -0.39 is 11.9 Å². The van der Waals surface area contributed by atoms with Crippen molar-refractivity contribution < 1.29 is 9.50 Å². The molecule has 5 heteroatoms. The predicted molar refractivity (Wildman–Crippen MR) is 74.6 cm³/mol. The Labute approximate surface area is 122 Å². The summed E-state index contributed by atoms with van der Waals surface area (Å²) in [5.41, 5.74) is 0.576. The lowest BCUT2D eigenvalue weighted by molar-refractivity contribution is 0.215. The first kappa shape index (κ1) is 13.8. The fraction of sp³-hybridized carbons (Fsp3) is 0.0769. The third-order valence-electron chi connectivity index (χ3n) is 2.51. The monoisotopic (exact) mass is 348 g/mol. The Morgan fingerprint density at radius 2 is 1.78 bits per heavy atom. The summed E-state index contributed by atoms with van der Waals surface area (Å²) in [5, 5.41) is 10.8. The van der Waals surface area contributed by atoms with Crippen LogP contribution in [0.4, 0.5) is 4.39 Å². The van der Waals surface area contributed by atoms with Crippen molar-refractivity contribution in [2.45, 2.75) is 6.10 Å². The van der Waals surface area contributed by atoms with Crippen LogP contribution in [-0.2, 0) is 0 Å². The Balaban J connectivity index is 2.47. The molecule has 1 N–H and O–H groups in total. The van der Waals surface area contributed by atoms with Gasteiger partial charge in [-0.2, -0.15) is 0 Å². The summed E-state index contributed by atoms with van der Waals surface area (Å²) in [4.78, 5) is 0. The van der Waals surface area contributed by atoms with E-state index in [9.17, 15) is 9.50 Å².